The Balaban J connectivity index is 4.57. The molecule has 0 saturated carbocycles. The van der Waals surface area contributed by atoms with E-state index in [0.29, 0.717) is 6.42 Å². The zero-order valence-electron chi connectivity index (χ0n) is 21.9. The van der Waals surface area contributed by atoms with Gasteiger partial charge in [-0.25, -0.2) is 9.36 Å². The average Bonchev–Trinajstić information content (AvgIpc) is 2.89. The summed E-state index contributed by atoms with van der Waals surface area (Å²) in [7, 11) is -4.82. The van der Waals surface area contributed by atoms with Crippen molar-refractivity contribution in [3.63, 3.8) is 0 Å². The van der Waals surface area contributed by atoms with Crippen LogP contribution in [0.5, 0.6) is 0 Å². The van der Waals surface area contributed by atoms with Crippen LogP contribution in [-0.4, -0.2) is 41.0 Å². The Labute approximate surface area is 231 Å². The molecule has 0 fully saturated rings. The quantitative estimate of drug-likeness (QED) is 0.0990. The van der Waals surface area contributed by atoms with Gasteiger partial charge in [0.05, 0.1) is 6.61 Å². The minimum Gasteiger partial charge on any atom is -0.456 e. The second-order valence-electron chi connectivity index (χ2n) is 7.72. The van der Waals surface area contributed by atoms with Gasteiger partial charge in [-0.15, -0.1) is 6.42 Å². The van der Waals surface area contributed by atoms with Gasteiger partial charge >= 0.3 is 19.8 Å². The molecule has 1 atom stereocenters. The van der Waals surface area contributed by atoms with Crippen molar-refractivity contribution in [3.05, 3.63) is 0 Å². The molecule has 8 nitrogen and oxygen atoms in total. The first-order chi connectivity index (χ1) is 18.8. The number of hydrogen-bond donors (Lipinski definition) is 2. The number of hydrogen-bond acceptors (Lipinski definition) is 6. The van der Waals surface area contributed by atoms with Crippen molar-refractivity contribution in [1.82, 2.24) is 0 Å². The summed E-state index contributed by atoms with van der Waals surface area (Å²) in [6.07, 6.45) is 13.5. The van der Waals surface area contributed by atoms with Crippen LogP contribution in [0.15, 0.2) is 0 Å². The molecule has 0 bridgehead atoms. The standard InChI is InChI=1S/C30H31O8P/c1-3-5-7-9-11-13-14-15-17-18-20-22-24-29(31)36-26-28(27-37-39(33,34)35)38-30(32)25-23-21-19-16-12-10-8-6-4-2/h1,28H,4,6,8,10,12,16,19,21,23,25-27H2,2H3,(H2,33,34,35)/t28-/m1/s1. The predicted octanol–water partition coefficient (Wildman–Crippen LogP) is 3.13. The zero-order valence-corrected chi connectivity index (χ0v) is 22.8. The van der Waals surface area contributed by atoms with Crippen LogP contribution in [0.3, 0.4) is 0 Å². The minimum absolute atomic E-state index is 0.128. The van der Waals surface area contributed by atoms with E-state index in [9.17, 15) is 14.2 Å². The molecule has 0 radical (unpaired) electrons. The lowest BCUT2D eigenvalue weighted by Crippen LogP contribution is -2.29. The SMILES string of the molecule is C#CC#CC#CC#CC#CC#CC#CC(=O)OC[C@H](COP(=O)(O)O)OC(=O)CCCCCCCCCCC. The fraction of sp³-hybridized carbons (Fsp3) is 0.467. The number of terminal acetylenes is 1. The molecular formula is C30H31O8P. The summed E-state index contributed by atoms with van der Waals surface area (Å²) < 4.78 is 25.4. The van der Waals surface area contributed by atoms with E-state index >= 15 is 0 Å². The van der Waals surface area contributed by atoms with E-state index in [-0.39, 0.29) is 6.42 Å². The fourth-order valence-electron chi connectivity index (χ4n) is 2.73. The third-order valence-corrected chi connectivity index (χ3v) is 4.96. The molecule has 0 aliphatic carbocycles. The lowest BCUT2D eigenvalue weighted by atomic mass is 10.1. The molecule has 0 aromatic rings. The molecule has 0 aromatic heterocycles. The highest BCUT2D eigenvalue weighted by atomic mass is 31.2. The number of phosphoric acid groups is 1. The van der Waals surface area contributed by atoms with Crippen LogP contribution in [0.1, 0.15) is 71.1 Å². The monoisotopic (exact) mass is 550 g/mol. The summed E-state index contributed by atoms with van der Waals surface area (Å²) >= 11 is 0. The first-order valence-corrected chi connectivity index (χ1v) is 13.8. The molecule has 0 saturated heterocycles. The van der Waals surface area contributed by atoms with Gasteiger partial charge in [0, 0.05) is 12.3 Å². The summed E-state index contributed by atoms with van der Waals surface area (Å²) in [6.45, 7) is 1.01. The third-order valence-electron chi connectivity index (χ3n) is 4.47. The molecule has 0 aliphatic heterocycles. The van der Waals surface area contributed by atoms with Crippen molar-refractivity contribution in [3.8, 4) is 83.4 Å². The number of ether oxygens (including phenoxy) is 2. The summed E-state index contributed by atoms with van der Waals surface area (Å²) in [6, 6.07) is 0. The van der Waals surface area contributed by atoms with E-state index in [2.05, 4.69) is 88.4 Å². The maximum Gasteiger partial charge on any atom is 0.469 e. The number of rotatable bonds is 16. The van der Waals surface area contributed by atoms with Gasteiger partial charge in [0.25, 0.3) is 0 Å². The highest BCUT2D eigenvalue weighted by molar-refractivity contribution is 7.46. The number of unbranched alkanes of at least 4 members (excludes halogenated alkanes) is 8. The minimum atomic E-state index is -4.82. The summed E-state index contributed by atoms with van der Waals surface area (Å²) in [5.74, 6) is 28.6. The molecule has 0 aromatic carbocycles. The van der Waals surface area contributed by atoms with Crippen LogP contribution < -0.4 is 0 Å². The van der Waals surface area contributed by atoms with Crippen LogP contribution in [0.4, 0.5) is 0 Å². The predicted molar refractivity (Wildman–Crippen MR) is 146 cm³/mol. The van der Waals surface area contributed by atoms with Crippen molar-refractivity contribution in [1.29, 1.82) is 0 Å². The highest BCUT2D eigenvalue weighted by Crippen LogP contribution is 2.35. The van der Waals surface area contributed by atoms with E-state index < -0.39 is 39.1 Å². The summed E-state index contributed by atoms with van der Waals surface area (Å²) in [5.41, 5.74) is 0. The molecule has 0 aliphatic rings. The normalized spacial score (nSPS) is 9.69. The smallest absolute Gasteiger partial charge is 0.456 e. The van der Waals surface area contributed by atoms with Gasteiger partial charge < -0.3 is 19.3 Å². The number of esters is 2. The van der Waals surface area contributed by atoms with Crippen molar-refractivity contribution in [2.45, 2.75) is 77.2 Å². The van der Waals surface area contributed by atoms with Crippen LogP contribution in [0, 0.1) is 83.4 Å². The molecule has 9 heteroatoms. The van der Waals surface area contributed by atoms with Crippen LogP contribution in [0.2, 0.25) is 0 Å². The molecule has 0 heterocycles. The topological polar surface area (TPSA) is 119 Å². The van der Waals surface area contributed by atoms with Crippen molar-refractivity contribution < 1.29 is 37.9 Å². The van der Waals surface area contributed by atoms with Crippen molar-refractivity contribution in [2.24, 2.45) is 0 Å². The van der Waals surface area contributed by atoms with Gasteiger partial charge in [0.15, 0.2) is 6.10 Å². The van der Waals surface area contributed by atoms with Gasteiger partial charge in [-0.2, -0.15) is 0 Å². The molecule has 0 spiro atoms. The Morgan fingerprint density at radius 1 is 0.744 bits per heavy atom. The van der Waals surface area contributed by atoms with E-state index in [1.165, 1.54) is 32.1 Å². The summed E-state index contributed by atoms with van der Waals surface area (Å²) in [4.78, 5) is 41.7. The molecule has 39 heavy (non-hydrogen) atoms. The molecule has 0 amide bonds. The zero-order chi connectivity index (χ0) is 29.0. The molecule has 2 N–H and O–H groups in total. The van der Waals surface area contributed by atoms with Gasteiger partial charge in [-0.3, -0.25) is 9.32 Å². The Kier molecular flexibility index (Phi) is 21.8. The number of carbonyl (C=O) groups is 2. The second kappa shape index (κ2) is 24.3. The average molecular weight is 551 g/mol. The Morgan fingerprint density at radius 3 is 1.74 bits per heavy atom. The lowest BCUT2D eigenvalue weighted by Gasteiger charge is -2.17. The molecular weight excluding hydrogens is 519 g/mol. The fourth-order valence-corrected chi connectivity index (χ4v) is 3.09. The Bertz CT molecular complexity index is 1250. The van der Waals surface area contributed by atoms with Gasteiger partial charge in [0.2, 0.25) is 0 Å². The first-order valence-electron chi connectivity index (χ1n) is 12.3. The maximum absolute atomic E-state index is 12.1. The van der Waals surface area contributed by atoms with E-state index in [1.54, 1.807) is 0 Å². The third kappa shape index (κ3) is 26.8. The second-order valence-corrected chi connectivity index (χ2v) is 8.96. The lowest BCUT2D eigenvalue weighted by molar-refractivity contribution is -0.158. The van der Waals surface area contributed by atoms with E-state index in [1.807, 2.05) is 0 Å². The Morgan fingerprint density at radius 2 is 1.23 bits per heavy atom. The molecule has 0 rings (SSSR count). The van der Waals surface area contributed by atoms with Crippen LogP contribution >= 0.6 is 7.82 Å². The number of phosphoric ester groups is 1. The molecule has 204 valence electrons. The first kappa shape index (κ1) is 35.0. The van der Waals surface area contributed by atoms with Crippen molar-refractivity contribution >= 4 is 19.8 Å². The van der Waals surface area contributed by atoms with Crippen molar-refractivity contribution in [2.75, 3.05) is 13.2 Å². The van der Waals surface area contributed by atoms with Gasteiger partial charge in [-0.1, -0.05) is 58.3 Å². The molecule has 0 unspecified atom stereocenters. The highest BCUT2D eigenvalue weighted by Gasteiger charge is 2.22. The maximum atomic E-state index is 12.1. The van der Waals surface area contributed by atoms with Crippen LogP contribution in [0.25, 0.3) is 0 Å². The van der Waals surface area contributed by atoms with Crippen LogP contribution in [-0.2, 0) is 28.2 Å². The largest absolute Gasteiger partial charge is 0.469 e. The summed E-state index contributed by atoms with van der Waals surface area (Å²) in [5, 5.41) is 0. The van der Waals surface area contributed by atoms with Gasteiger partial charge in [-0.05, 0) is 77.5 Å². The van der Waals surface area contributed by atoms with Gasteiger partial charge in [0.1, 0.15) is 6.61 Å². The number of carbonyl (C=O) groups excluding carboxylic acids is 2. The van der Waals surface area contributed by atoms with E-state index in [0.717, 1.165) is 19.3 Å². The van der Waals surface area contributed by atoms with E-state index in [4.69, 9.17) is 25.7 Å². The Hall–Kier alpha value is -4.03.